The van der Waals surface area contributed by atoms with Crippen molar-refractivity contribution in [1.29, 1.82) is 0 Å². The summed E-state index contributed by atoms with van der Waals surface area (Å²) in [4.78, 5) is 0. The molecule has 1 aliphatic rings. The fraction of sp³-hybridized carbons (Fsp3) is 0.538. The first kappa shape index (κ1) is 13.5. The van der Waals surface area contributed by atoms with E-state index in [1.165, 1.54) is 11.1 Å². The number of nitrogens with one attached hydrogen (secondary N) is 1. The van der Waals surface area contributed by atoms with Crippen LogP contribution in [-0.4, -0.2) is 19.2 Å². The van der Waals surface area contributed by atoms with Gasteiger partial charge in [0.1, 0.15) is 0 Å². The normalized spacial score (nSPS) is 16.8. The minimum Gasteiger partial charge on any atom is -0.373 e. The molecule has 3 heteroatoms. The molecule has 0 radical (unpaired) electrons. The van der Waals surface area contributed by atoms with Crippen molar-refractivity contribution >= 4 is 12.4 Å². The van der Waals surface area contributed by atoms with Gasteiger partial charge in [-0.05, 0) is 44.0 Å². The van der Waals surface area contributed by atoms with Crippen LogP contribution >= 0.6 is 12.4 Å². The van der Waals surface area contributed by atoms with E-state index in [2.05, 4.69) is 36.5 Å². The second kappa shape index (κ2) is 6.89. The van der Waals surface area contributed by atoms with Crippen molar-refractivity contribution in [1.82, 2.24) is 5.32 Å². The third-order valence-electron chi connectivity index (χ3n) is 3.02. The second-order valence-corrected chi connectivity index (χ2v) is 4.19. The summed E-state index contributed by atoms with van der Waals surface area (Å²) in [7, 11) is 0. The van der Waals surface area contributed by atoms with Gasteiger partial charge in [0.25, 0.3) is 0 Å². The zero-order valence-corrected chi connectivity index (χ0v) is 10.6. The van der Waals surface area contributed by atoms with Crippen molar-refractivity contribution in [2.24, 2.45) is 0 Å². The molecule has 0 aliphatic carbocycles. The monoisotopic (exact) mass is 241 g/mol. The summed E-state index contributed by atoms with van der Waals surface area (Å²) in [6.07, 6.45) is 2.74. The molecule has 0 amide bonds. The molecule has 1 aromatic carbocycles. The van der Waals surface area contributed by atoms with E-state index in [9.17, 15) is 0 Å². The van der Waals surface area contributed by atoms with Crippen molar-refractivity contribution in [3.63, 3.8) is 0 Å². The minimum absolute atomic E-state index is 0. The van der Waals surface area contributed by atoms with Gasteiger partial charge in [0.15, 0.2) is 0 Å². The number of benzene rings is 1. The van der Waals surface area contributed by atoms with Gasteiger partial charge in [-0.2, -0.15) is 0 Å². The Balaban J connectivity index is 0.00000128. The van der Waals surface area contributed by atoms with Crippen LogP contribution in [0.25, 0.3) is 0 Å². The van der Waals surface area contributed by atoms with Gasteiger partial charge in [-0.1, -0.05) is 24.3 Å². The first-order chi connectivity index (χ1) is 7.36. The summed E-state index contributed by atoms with van der Waals surface area (Å²) < 4.78 is 5.91. The summed E-state index contributed by atoms with van der Waals surface area (Å²) in [5, 5.41) is 3.34. The van der Waals surface area contributed by atoms with Gasteiger partial charge in [0.2, 0.25) is 0 Å². The number of hydrogen-bond acceptors (Lipinski definition) is 2. The number of aryl methyl sites for hydroxylation is 1. The van der Waals surface area contributed by atoms with Crippen molar-refractivity contribution in [3.8, 4) is 0 Å². The van der Waals surface area contributed by atoms with Crippen LogP contribution in [0, 0.1) is 6.92 Å². The predicted octanol–water partition coefficient (Wildman–Crippen LogP) is 2.69. The van der Waals surface area contributed by atoms with Crippen LogP contribution in [0.15, 0.2) is 24.3 Å². The molecule has 16 heavy (non-hydrogen) atoms. The van der Waals surface area contributed by atoms with Crippen molar-refractivity contribution < 1.29 is 4.74 Å². The van der Waals surface area contributed by atoms with E-state index in [4.69, 9.17) is 4.74 Å². The molecular weight excluding hydrogens is 222 g/mol. The summed E-state index contributed by atoms with van der Waals surface area (Å²) in [6, 6.07) is 8.44. The van der Waals surface area contributed by atoms with Crippen molar-refractivity contribution in [2.45, 2.75) is 32.5 Å². The van der Waals surface area contributed by atoms with E-state index >= 15 is 0 Å². The van der Waals surface area contributed by atoms with Gasteiger partial charge < -0.3 is 10.1 Å². The Morgan fingerprint density at radius 1 is 1.25 bits per heavy atom. The van der Waals surface area contributed by atoms with E-state index in [0.29, 0.717) is 6.10 Å². The highest BCUT2D eigenvalue weighted by atomic mass is 35.5. The molecule has 1 saturated heterocycles. The third-order valence-corrected chi connectivity index (χ3v) is 3.02. The Bertz CT molecular complexity index is 311. The number of ether oxygens (including phenoxy) is 1. The molecule has 1 fully saturated rings. The van der Waals surface area contributed by atoms with Crippen LogP contribution in [0.1, 0.15) is 24.0 Å². The van der Waals surface area contributed by atoms with Crippen LogP contribution < -0.4 is 5.32 Å². The molecule has 1 aliphatic heterocycles. The number of halogens is 1. The summed E-state index contributed by atoms with van der Waals surface area (Å²) in [6.45, 7) is 5.09. The van der Waals surface area contributed by atoms with E-state index in [-0.39, 0.29) is 12.4 Å². The Morgan fingerprint density at radius 2 is 1.94 bits per heavy atom. The molecule has 1 heterocycles. The molecule has 2 rings (SSSR count). The zero-order chi connectivity index (χ0) is 10.5. The molecule has 0 saturated carbocycles. The van der Waals surface area contributed by atoms with Gasteiger partial charge in [0, 0.05) is 0 Å². The van der Waals surface area contributed by atoms with Gasteiger partial charge >= 0.3 is 0 Å². The summed E-state index contributed by atoms with van der Waals surface area (Å²) in [5.41, 5.74) is 2.64. The Labute approximate surface area is 104 Å². The molecule has 1 aromatic rings. The lowest BCUT2D eigenvalue weighted by molar-refractivity contribution is 0.0210. The molecule has 1 N–H and O–H groups in total. The quantitative estimate of drug-likeness (QED) is 0.879. The number of hydrogen-bond donors (Lipinski definition) is 1. The topological polar surface area (TPSA) is 21.3 Å². The minimum atomic E-state index is 0. The van der Waals surface area contributed by atoms with Gasteiger partial charge in [0.05, 0.1) is 12.7 Å². The van der Waals surface area contributed by atoms with Crippen LogP contribution in [0.5, 0.6) is 0 Å². The van der Waals surface area contributed by atoms with Gasteiger partial charge in [-0.3, -0.25) is 0 Å². The van der Waals surface area contributed by atoms with Gasteiger partial charge in [-0.25, -0.2) is 0 Å². The average Bonchev–Trinajstić information content (AvgIpc) is 2.29. The van der Waals surface area contributed by atoms with E-state index in [1.807, 2.05) is 0 Å². The highest BCUT2D eigenvalue weighted by molar-refractivity contribution is 5.85. The first-order valence-electron chi connectivity index (χ1n) is 5.73. The molecule has 0 atom stereocenters. The highest BCUT2D eigenvalue weighted by Gasteiger charge is 2.13. The smallest absolute Gasteiger partial charge is 0.0723 e. The fourth-order valence-corrected chi connectivity index (χ4v) is 1.94. The second-order valence-electron chi connectivity index (χ2n) is 4.19. The summed E-state index contributed by atoms with van der Waals surface area (Å²) >= 11 is 0. The molecular formula is C13H20ClNO. The van der Waals surface area contributed by atoms with E-state index < -0.39 is 0 Å². The molecule has 90 valence electrons. The fourth-order valence-electron chi connectivity index (χ4n) is 1.94. The summed E-state index contributed by atoms with van der Waals surface area (Å²) in [5.74, 6) is 0. The largest absolute Gasteiger partial charge is 0.373 e. The lowest BCUT2D eigenvalue weighted by Crippen LogP contribution is -2.32. The Kier molecular flexibility index (Phi) is 5.81. The average molecular weight is 242 g/mol. The maximum atomic E-state index is 5.91. The maximum absolute atomic E-state index is 5.91. The van der Waals surface area contributed by atoms with Gasteiger partial charge in [-0.15, -0.1) is 12.4 Å². The third kappa shape index (κ3) is 3.78. The number of piperidine rings is 1. The SMILES string of the molecule is Cc1ccccc1COC1CCNCC1.Cl. The Hall–Kier alpha value is -0.570. The lowest BCUT2D eigenvalue weighted by Gasteiger charge is -2.23. The molecule has 0 bridgehead atoms. The lowest BCUT2D eigenvalue weighted by atomic mass is 10.1. The maximum Gasteiger partial charge on any atom is 0.0723 e. The predicted molar refractivity (Wildman–Crippen MR) is 69.1 cm³/mol. The molecule has 0 unspecified atom stereocenters. The van der Waals surface area contributed by atoms with Crippen LogP contribution in [0.2, 0.25) is 0 Å². The zero-order valence-electron chi connectivity index (χ0n) is 9.74. The van der Waals surface area contributed by atoms with Crippen LogP contribution in [-0.2, 0) is 11.3 Å². The standard InChI is InChI=1S/C13H19NO.ClH/c1-11-4-2-3-5-12(11)10-15-13-6-8-14-9-7-13;/h2-5,13-14H,6-10H2,1H3;1H. The highest BCUT2D eigenvalue weighted by Crippen LogP contribution is 2.13. The van der Waals surface area contributed by atoms with Crippen LogP contribution in [0.3, 0.4) is 0 Å². The van der Waals surface area contributed by atoms with Crippen LogP contribution in [0.4, 0.5) is 0 Å². The molecule has 0 aromatic heterocycles. The Morgan fingerprint density at radius 3 is 2.62 bits per heavy atom. The molecule has 0 spiro atoms. The number of rotatable bonds is 3. The first-order valence-corrected chi connectivity index (χ1v) is 5.73. The van der Waals surface area contributed by atoms with Crippen molar-refractivity contribution in [3.05, 3.63) is 35.4 Å². The van der Waals surface area contributed by atoms with E-state index in [1.54, 1.807) is 0 Å². The van der Waals surface area contributed by atoms with Crippen molar-refractivity contribution in [2.75, 3.05) is 13.1 Å². The van der Waals surface area contributed by atoms with E-state index in [0.717, 1.165) is 32.5 Å². The molecule has 2 nitrogen and oxygen atoms in total.